The van der Waals surface area contributed by atoms with E-state index in [4.69, 9.17) is 5.26 Å². The van der Waals surface area contributed by atoms with E-state index in [1.807, 2.05) is 7.05 Å². The Bertz CT molecular complexity index is 342. The third-order valence-electron chi connectivity index (χ3n) is 2.99. The van der Waals surface area contributed by atoms with Gasteiger partial charge in [0.2, 0.25) is 10.0 Å². The molecule has 1 rings (SSSR count). The van der Waals surface area contributed by atoms with E-state index >= 15 is 0 Å². The highest BCUT2D eigenvalue weighted by molar-refractivity contribution is 7.89. The van der Waals surface area contributed by atoms with Gasteiger partial charge in [-0.15, -0.1) is 0 Å². The van der Waals surface area contributed by atoms with Gasteiger partial charge in [-0.2, -0.15) is 5.26 Å². The fourth-order valence-electron chi connectivity index (χ4n) is 2.04. The molecule has 0 aromatic heterocycles. The molecule has 0 atom stereocenters. The maximum atomic E-state index is 11.2. The van der Waals surface area contributed by atoms with Crippen molar-refractivity contribution >= 4 is 10.0 Å². The largest absolute Gasteiger partial charge is 0.302 e. The van der Waals surface area contributed by atoms with Crippen LogP contribution in [0.25, 0.3) is 0 Å². The lowest BCUT2D eigenvalue weighted by Gasteiger charge is -2.23. The Morgan fingerprint density at radius 3 is 2.62 bits per heavy atom. The Balaban J connectivity index is 2.22. The molecule has 16 heavy (non-hydrogen) atoms. The topological polar surface area (TPSA) is 73.2 Å². The summed E-state index contributed by atoms with van der Waals surface area (Å²) in [7, 11) is -1.37. The molecule has 5 nitrogen and oxygen atoms in total. The second-order valence-electron chi connectivity index (χ2n) is 4.23. The fraction of sp³-hybridized carbons (Fsp3) is 0.900. The van der Waals surface area contributed by atoms with Gasteiger partial charge in [0.1, 0.15) is 0 Å². The number of hydrogen-bond donors (Lipinski definition) is 1. The molecule has 1 aliphatic carbocycles. The van der Waals surface area contributed by atoms with Gasteiger partial charge in [-0.1, -0.05) is 12.8 Å². The van der Waals surface area contributed by atoms with Crippen LogP contribution in [0.15, 0.2) is 0 Å². The molecule has 92 valence electrons. The standard InChI is InChI=1S/C10H19N3O2S/c1-13(10-4-2-3-5-10)8-7-12-16(14,15)9-6-11/h10,12H,2-5,7-9H2,1H3. The zero-order valence-corrected chi connectivity index (χ0v) is 10.5. The summed E-state index contributed by atoms with van der Waals surface area (Å²) in [5, 5.41) is 8.30. The van der Waals surface area contributed by atoms with Crippen molar-refractivity contribution in [1.29, 1.82) is 5.26 Å². The van der Waals surface area contributed by atoms with Crippen LogP contribution >= 0.6 is 0 Å². The van der Waals surface area contributed by atoms with Gasteiger partial charge in [0.25, 0.3) is 0 Å². The molecule has 1 N–H and O–H groups in total. The van der Waals surface area contributed by atoms with Crippen LogP contribution in [0.3, 0.4) is 0 Å². The van der Waals surface area contributed by atoms with E-state index in [0.717, 1.165) is 0 Å². The summed E-state index contributed by atoms with van der Waals surface area (Å²) in [6.45, 7) is 1.09. The van der Waals surface area contributed by atoms with Gasteiger partial charge in [0.05, 0.1) is 6.07 Å². The van der Waals surface area contributed by atoms with E-state index in [-0.39, 0.29) is 0 Å². The van der Waals surface area contributed by atoms with Crippen LogP contribution in [0, 0.1) is 11.3 Å². The van der Waals surface area contributed by atoms with E-state index in [2.05, 4.69) is 9.62 Å². The lowest BCUT2D eigenvalue weighted by atomic mass is 10.2. The lowest BCUT2D eigenvalue weighted by molar-refractivity contribution is 0.250. The predicted octanol–water partition coefficient (Wildman–Crippen LogP) is 0.304. The fourth-order valence-corrected chi connectivity index (χ4v) is 2.72. The molecular weight excluding hydrogens is 226 g/mol. The highest BCUT2D eigenvalue weighted by atomic mass is 32.2. The molecule has 1 saturated carbocycles. The van der Waals surface area contributed by atoms with Crippen molar-refractivity contribution in [1.82, 2.24) is 9.62 Å². The van der Waals surface area contributed by atoms with Crippen LogP contribution in [-0.4, -0.2) is 45.2 Å². The Hall–Kier alpha value is -0.640. The van der Waals surface area contributed by atoms with Crippen molar-refractivity contribution < 1.29 is 8.42 Å². The first-order valence-corrected chi connectivity index (χ1v) is 7.25. The maximum absolute atomic E-state index is 11.2. The lowest BCUT2D eigenvalue weighted by Crippen LogP contribution is -2.37. The predicted molar refractivity (Wildman–Crippen MR) is 62.3 cm³/mol. The van der Waals surface area contributed by atoms with Crippen LogP contribution in [0.5, 0.6) is 0 Å². The number of rotatable bonds is 6. The molecule has 0 heterocycles. The smallest absolute Gasteiger partial charge is 0.225 e. The van der Waals surface area contributed by atoms with Crippen molar-refractivity contribution in [3.63, 3.8) is 0 Å². The quantitative estimate of drug-likeness (QED) is 0.730. The highest BCUT2D eigenvalue weighted by Gasteiger charge is 2.19. The number of hydrogen-bond acceptors (Lipinski definition) is 4. The summed E-state index contributed by atoms with van der Waals surface area (Å²) < 4.78 is 24.8. The van der Waals surface area contributed by atoms with Gasteiger partial charge in [-0.25, -0.2) is 13.1 Å². The first-order valence-electron chi connectivity index (χ1n) is 5.59. The summed E-state index contributed by atoms with van der Waals surface area (Å²) in [5.74, 6) is -0.458. The SMILES string of the molecule is CN(CCNS(=O)(=O)CC#N)C1CCCC1. The van der Waals surface area contributed by atoms with Crippen molar-refractivity contribution in [3.8, 4) is 6.07 Å². The Morgan fingerprint density at radius 1 is 1.44 bits per heavy atom. The molecule has 0 bridgehead atoms. The monoisotopic (exact) mass is 245 g/mol. The molecule has 0 radical (unpaired) electrons. The Morgan fingerprint density at radius 2 is 2.06 bits per heavy atom. The Labute approximate surface area is 97.5 Å². The second-order valence-corrected chi connectivity index (χ2v) is 6.04. The summed E-state index contributed by atoms with van der Waals surface area (Å²) in [6, 6.07) is 2.23. The molecule has 0 unspecified atom stereocenters. The number of nitriles is 1. The number of likely N-dealkylation sites (N-methyl/N-ethyl adjacent to an activating group) is 1. The zero-order valence-electron chi connectivity index (χ0n) is 9.65. The number of sulfonamides is 1. The van der Waals surface area contributed by atoms with Crippen LogP contribution < -0.4 is 4.72 Å². The van der Waals surface area contributed by atoms with Crippen molar-refractivity contribution in [2.24, 2.45) is 0 Å². The van der Waals surface area contributed by atoms with Crippen molar-refractivity contribution in [2.75, 3.05) is 25.9 Å². The average Bonchev–Trinajstić information content (AvgIpc) is 2.69. The highest BCUT2D eigenvalue weighted by Crippen LogP contribution is 2.21. The second kappa shape index (κ2) is 6.18. The molecule has 0 spiro atoms. The molecule has 6 heteroatoms. The van der Waals surface area contributed by atoms with Gasteiger partial charge in [0.15, 0.2) is 5.75 Å². The van der Waals surface area contributed by atoms with Gasteiger partial charge in [-0.3, -0.25) is 0 Å². The van der Waals surface area contributed by atoms with Crippen LogP contribution in [0.2, 0.25) is 0 Å². The van der Waals surface area contributed by atoms with Crippen LogP contribution in [0.4, 0.5) is 0 Å². The first-order chi connectivity index (χ1) is 7.55. The summed E-state index contributed by atoms with van der Waals surface area (Å²) in [4.78, 5) is 2.20. The van der Waals surface area contributed by atoms with Gasteiger partial charge in [-0.05, 0) is 19.9 Å². The third-order valence-corrected chi connectivity index (χ3v) is 4.14. The number of nitrogens with zero attached hydrogens (tertiary/aromatic N) is 2. The number of nitrogens with one attached hydrogen (secondary N) is 1. The van der Waals surface area contributed by atoms with E-state index in [0.29, 0.717) is 19.1 Å². The molecule has 0 aromatic rings. The van der Waals surface area contributed by atoms with Gasteiger partial charge in [0, 0.05) is 19.1 Å². The van der Waals surface area contributed by atoms with Crippen molar-refractivity contribution in [2.45, 2.75) is 31.7 Å². The molecule has 0 aromatic carbocycles. The van der Waals surface area contributed by atoms with E-state index in [1.54, 1.807) is 6.07 Å². The third kappa shape index (κ3) is 4.47. The minimum absolute atomic E-state index is 0.386. The minimum atomic E-state index is -3.39. The molecule has 0 aliphatic heterocycles. The molecule has 0 amide bonds. The zero-order chi connectivity index (χ0) is 12.0. The van der Waals surface area contributed by atoms with Crippen molar-refractivity contribution in [3.05, 3.63) is 0 Å². The van der Waals surface area contributed by atoms with E-state index < -0.39 is 15.8 Å². The maximum Gasteiger partial charge on any atom is 0.225 e. The van der Waals surface area contributed by atoms with E-state index in [1.165, 1.54) is 25.7 Å². The van der Waals surface area contributed by atoms with Gasteiger partial charge < -0.3 is 4.90 Å². The summed E-state index contributed by atoms with van der Waals surface area (Å²) in [5.41, 5.74) is 0. The average molecular weight is 245 g/mol. The normalized spacial score (nSPS) is 17.8. The van der Waals surface area contributed by atoms with E-state index in [9.17, 15) is 8.42 Å². The summed E-state index contributed by atoms with van der Waals surface area (Å²) in [6.07, 6.45) is 4.97. The van der Waals surface area contributed by atoms with Crippen LogP contribution in [-0.2, 0) is 10.0 Å². The molecule has 1 fully saturated rings. The minimum Gasteiger partial charge on any atom is -0.302 e. The molecular formula is C10H19N3O2S. The molecule has 0 saturated heterocycles. The molecule has 1 aliphatic rings. The summed E-state index contributed by atoms with van der Waals surface area (Å²) >= 11 is 0. The van der Waals surface area contributed by atoms with Crippen LogP contribution in [0.1, 0.15) is 25.7 Å². The van der Waals surface area contributed by atoms with Gasteiger partial charge >= 0.3 is 0 Å². The first kappa shape index (κ1) is 13.4. The Kier molecular flexibility index (Phi) is 5.19.